The van der Waals surface area contributed by atoms with Crippen LogP contribution in [0.3, 0.4) is 0 Å². The zero-order valence-electron chi connectivity index (χ0n) is 18.9. The van der Waals surface area contributed by atoms with E-state index in [-0.39, 0.29) is 37.1 Å². The average molecular weight is 454 g/mol. The molecule has 0 saturated heterocycles. The molecule has 0 aliphatic carbocycles. The molecule has 11 nitrogen and oxygen atoms in total. The van der Waals surface area contributed by atoms with Crippen LogP contribution in [0.2, 0.25) is 25.7 Å². The first-order chi connectivity index (χ1) is 14.3. The molecule has 31 heavy (non-hydrogen) atoms. The van der Waals surface area contributed by atoms with Crippen molar-refractivity contribution in [2.45, 2.75) is 71.6 Å². The van der Waals surface area contributed by atoms with Gasteiger partial charge in [0.15, 0.2) is 5.82 Å². The van der Waals surface area contributed by atoms with Gasteiger partial charge >= 0.3 is 12.1 Å². The van der Waals surface area contributed by atoms with Crippen molar-refractivity contribution < 1.29 is 28.7 Å². The van der Waals surface area contributed by atoms with Crippen LogP contribution >= 0.6 is 0 Å². The molecule has 0 unspecified atom stereocenters. The van der Waals surface area contributed by atoms with Crippen LogP contribution in [0, 0.1) is 0 Å². The highest BCUT2D eigenvalue weighted by Gasteiger charge is 2.24. The van der Waals surface area contributed by atoms with Gasteiger partial charge < -0.3 is 23.7 Å². The third-order valence-electron chi connectivity index (χ3n) is 3.92. The summed E-state index contributed by atoms with van der Waals surface area (Å²) in [6.45, 7) is 12.8. The quantitative estimate of drug-likeness (QED) is 0.407. The second kappa shape index (κ2) is 10.0. The molecule has 0 aliphatic rings. The van der Waals surface area contributed by atoms with Crippen molar-refractivity contribution in [1.29, 1.82) is 0 Å². The lowest BCUT2D eigenvalue weighted by atomic mass is 10.2. The number of ether oxygens (including phenoxy) is 2. The number of rotatable bonds is 10. The summed E-state index contributed by atoms with van der Waals surface area (Å²) in [5.41, 5.74) is -0.299. The maximum Gasteiger partial charge on any atom is 0.413 e. The Morgan fingerprint density at radius 2 is 2.00 bits per heavy atom. The molecule has 0 bridgehead atoms. The third kappa shape index (κ3) is 8.50. The maximum atomic E-state index is 12.2. The summed E-state index contributed by atoms with van der Waals surface area (Å²) >= 11 is 0. The van der Waals surface area contributed by atoms with Crippen LogP contribution < -0.4 is 5.32 Å². The van der Waals surface area contributed by atoms with Gasteiger partial charge in [0.05, 0.1) is 12.7 Å². The number of aromatic nitrogens is 4. The maximum absolute atomic E-state index is 12.2. The van der Waals surface area contributed by atoms with E-state index in [1.165, 1.54) is 6.33 Å². The fourth-order valence-corrected chi connectivity index (χ4v) is 3.17. The van der Waals surface area contributed by atoms with Crippen molar-refractivity contribution in [3.05, 3.63) is 12.2 Å². The number of carboxylic acids is 1. The summed E-state index contributed by atoms with van der Waals surface area (Å²) in [5, 5.41) is 15.4. The van der Waals surface area contributed by atoms with Crippen LogP contribution in [0.1, 0.15) is 33.1 Å². The minimum atomic E-state index is -1.24. The van der Waals surface area contributed by atoms with E-state index < -0.39 is 25.7 Å². The van der Waals surface area contributed by atoms with Gasteiger partial charge in [-0.15, -0.1) is 0 Å². The summed E-state index contributed by atoms with van der Waals surface area (Å²) < 4.78 is 17.9. The molecule has 2 heterocycles. The number of imidazole rings is 1. The van der Waals surface area contributed by atoms with Crippen LogP contribution in [0.15, 0.2) is 10.9 Å². The van der Waals surface area contributed by atoms with Crippen LogP contribution in [0.4, 0.5) is 10.6 Å². The average Bonchev–Trinajstić information content (AvgIpc) is 3.21. The van der Waals surface area contributed by atoms with Gasteiger partial charge in [0.2, 0.25) is 11.7 Å². The number of nitrogens with one attached hydrogen (secondary N) is 1. The Kier molecular flexibility index (Phi) is 7.95. The number of aryl methyl sites for hydroxylation is 1. The first-order valence-corrected chi connectivity index (χ1v) is 13.7. The van der Waals surface area contributed by atoms with Crippen molar-refractivity contribution >= 4 is 26.0 Å². The largest absolute Gasteiger partial charge is 0.481 e. The van der Waals surface area contributed by atoms with Gasteiger partial charge in [-0.05, 0) is 26.8 Å². The molecule has 12 heteroatoms. The Bertz CT molecular complexity index is 896. The number of anilines is 1. The molecule has 0 fully saturated rings. The van der Waals surface area contributed by atoms with E-state index in [0.29, 0.717) is 12.3 Å². The van der Waals surface area contributed by atoms with Crippen molar-refractivity contribution in [3.8, 4) is 11.5 Å². The van der Waals surface area contributed by atoms with Crippen molar-refractivity contribution in [1.82, 2.24) is 19.7 Å². The smallest absolute Gasteiger partial charge is 0.413 e. The molecule has 0 saturated carbocycles. The Balaban J connectivity index is 2.22. The number of amides is 1. The third-order valence-corrected chi connectivity index (χ3v) is 5.62. The molecule has 0 spiro atoms. The lowest BCUT2D eigenvalue weighted by molar-refractivity contribution is -0.137. The Morgan fingerprint density at radius 3 is 2.61 bits per heavy atom. The van der Waals surface area contributed by atoms with Gasteiger partial charge in [0, 0.05) is 21.1 Å². The van der Waals surface area contributed by atoms with E-state index in [9.17, 15) is 9.59 Å². The number of nitrogens with zero attached hydrogens (tertiary/aromatic N) is 4. The number of hydrogen-bond donors (Lipinski definition) is 2. The van der Waals surface area contributed by atoms with Crippen molar-refractivity contribution in [2.75, 3.05) is 11.9 Å². The minimum absolute atomic E-state index is 0.0952. The van der Waals surface area contributed by atoms with E-state index in [2.05, 4.69) is 40.1 Å². The molecule has 172 valence electrons. The molecule has 0 radical (unpaired) electrons. The molecule has 2 aromatic rings. The molecule has 1 amide bonds. The van der Waals surface area contributed by atoms with E-state index in [0.717, 1.165) is 6.04 Å². The van der Waals surface area contributed by atoms with Gasteiger partial charge in [-0.1, -0.05) is 24.8 Å². The van der Waals surface area contributed by atoms with Crippen LogP contribution in [-0.2, 0) is 27.4 Å². The predicted molar refractivity (Wildman–Crippen MR) is 115 cm³/mol. The molecule has 0 aromatic carbocycles. The van der Waals surface area contributed by atoms with Crippen molar-refractivity contribution in [3.63, 3.8) is 0 Å². The summed E-state index contributed by atoms with van der Waals surface area (Å²) in [6.07, 6.45) is 0.791. The highest BCUT2D eigenvalue weighted by atomic mass is 28.3. The highest BCUT2D eigenvalue weighted by Crippen LogP contribution is 2.26. The number of hydrogen-bond acceptors (Lipinski definition) is 8. The summed E-state index contributed by atoms with van der Waals surface area (Å²) in [7, 11) is -1.24. The zero-order chi connectivity index (χ0) is 23.2. The monoisotopic (exact) mass is 453 g/mol. The molecule has 0 aliphatic heterocycles. The van der Waals surface area contributed by atoms with E-state index in [1.807, 2.05) is 0 Å². The van der Waals surface area contributed by atoms with Gasteiger partial charge in [-0.2, -0.15) is 4.98 Å². The summed E-state index contributed by atoms with van der Waals surface area (Å²) in [5.74, 6) is -0.438. The van der Waals surface area contributed by atoms with E-state index >= 15 is 0 Å². The summed E-state index contributed by atoms with van der Waals surface area (Å²) in [6, 6.07) is 1.00. The number of carbonyl (C=O) groups is 2. The van der Waals surface area contributed by atoms with Crippen molar-refractivity contribution in [2.24, 2.45) is 0 Å². The Hall–Kier alpha value is -2.73. The topological polar surface area (TPSA) is 142 Å². The van der Waals surface area contributed by atoms with Crippen LogP contribution in [-0.4, -0.2) is 57.1 Å². The number of carboxylic acid groups (broad SMARTS) is 1. The molecular formula is C19H31N5O6Si. The zero-order valence-corrected chi connectivity index (χ0v) is 19.9. The highest BCUT2D eigenvalue weighted by molar-refractivity contribution is 6.76. The normalized spacial score (nSPS) is 12.1. The number of carbonyl (C=O) groups excluding carboxylic acids is 1. The molecule has 2 rings (SSSR count). The summed E-state index contributed by atoms with van der Waals surface area (Å²) in [4.78, 5) is 31.5. The molecule has 2 aromatic heterocycles. The first kappa shape index (κ1) is 24.5. The predicted octanol–water partition coefficient (Wildman–Crippen LogP) is 3.61. The fraction of sp³-hybridized carbons (Fsp3) is 0.632. The Morgan fingerprint density at radius 1 is 1.29 bits per heavy atom. The second-order valence-electron chi connectivity index (χ2n) is 9.29. The molecule has 2 N–H and O–H groups in total. The van der Waals surface area contributed by atoms with Crippen LogP contribution in [0.25, 0.3) is 11.5 Å². The van der Waals surface area contributed by atoms with Gasteiger partial charge in [-0.3, -0.25) is 10.1 Å². The fourth-order valence-electron chi connectivity index (χ4n) is 2.41. The standard InChI is InChI=1S/C19H31N5O6Si/c1-19(2,3)29-18(27)22-16-15(17-21-13(30-23-17)7-8-14(25)26)24(11-20-16)12-28-9-10-31(4,5)6/h11H,7-10,12H2,1-6H3,(H,22,27)(H,25,26). The van der Waals surface area contributed by atoms with E-state index in [4.69, 9.17) is 19.1 Å². The number of aliphatic carboxylic acids is 1. The lowest BCUT2D eigenvalue weighted by Crippen LogP contribution is -2.27. The molecular weight excluding hydrogens is 422 g/mol. The SMILES string of the molecule is CC(C)(C)OC(=O)Nc1ncn(COCC[Si](C)(C)C)c1-c1noc(CCC(=O)O)n1. The lowest BCUT2D eigenvalue weighted by Gasteiger charge is -2.19. The van der Waals surface area contributed by atoms with Crippen LogP contribution in [0.5, 0.6) is 0 Å². The molecule has 0 atom stereocenters. The van der Waals surface area contributed by atoms with Gasteiger partial charge in [-0.25, -0.2) is 9.78 Å². The van der Waals surface area contributed by atoms with Gasteiger partial charge in [0.1, 0.15) is 18.0 Å². The second-order valence-corrected chi connectivity index (χ2v) is 14.9. The Labute approximate surface area is 182 Å². The van der Waals surface area contributed by atoms with E-state index in [1.54, 1.807) is 25.3 Å². The van der Waals surface area contributed by atoms with Gasteiger partial charge in [0.25, 0.3) is 0 Å². The first-order valence-electron chi connectivity index (χ1n) is 10.0. The minimum Gasteiger partial charge on any atom is -0.481 e.